The number of carbonyl (C=O) groups is 2. The van der Waals surface area contributed by atoms with E-state index in [-0.39, 0.29) is 23.9 Å². The van der Waals surface area contributed by atoms with Crippen LogP contribution in [0.3, 0.4) is 0 Å². The van der Waals surface area contributed by atoms with Crippen LogP contribution in [0.5, 0.6) is 11.5 Å². The third kappa shape index (κ3) is 4.62. The summed E-state index contributed by atoms with van der Waals surface area (Å²) in [7, 11) is 0. The first-order valence-electron chi connectivity index (χ1n) is 12.2. The Kier molecular flexibility index (Phi) is 6.47. The highest BCUT2D eigenvalue weighted by atomic mass is 16.6. The minimum atomic E-state index is -0.223. The number of nitrogens with zero attached hydrogens (tertiary/aromatic N) is 2. The lowest BCUT2D eigenvalue weighted by Crippen LogP contribution is -2.41. The molecule has 2 atom stereocenters. The van der Waals surface area contributed by atoms with Gasteiger partial charge in [-0.1, -0.05) is 24.3 Å². The van der Waals surface area contributed by atoms with Crippen molar-refractivity contribution in [3.05, 3.63) is 53.6 Å². The Labute approximate surface area is 200 Å². The normalized spacial score (nSPS) is 21.9. The maximum Gasteiger partial charge on any atom is 0.318 e. The van der Waals surface area contributed by atoms with E-state index in [1.165, 1.54) is 0 Å². The number of likely N-dealkylation sites (tertiary alicyclic amines) is 1. The van der Waals surface area contributed by atoms with Crippen LogP contribution in [0, 0.1) is 5.92 Å². The minimum Gasteiger partial charge on any atom is -0.486 e. The SMILES string of the molecule is NC(=O)C1CCCN(c2ccc(CNC(=O)N3CCCC3c3cccc4c3OCCO4)cc2)C1. The Hall–Kier alpha value is -3.42. The molecule has 2 aromatic rings. The molecule has 8 nitrogen and oxygen atoms in total. The third-order valence-electron chi connectivity index (χ3n) is 7.04. The summed E-state index contributed by atoms with van der Waals surface area (Å²) in [6, 6.07) is 14.0. The topological polar surface area (TPSA) is 97.1 Å². The number of para-hydroxylation sites is 1. The Morgan fingerprint density at radius 2 is 1.79 bits per heavy atom. The zero-order chi connectivity index (χ0) is 23.5. The fourth-order valence-corrected chi connectivity index (χ4v) is 5.24. The first-order chi connectivity index (χ1) is 16.6. The minimum absolute atomic E-state index is 0.0173. The molecule has 2 unspecified atom stereocenters. The standard InChI is InChI=1S/C26H32N4O4/c27-25(31)19-4-2-12-29(17-19)20-10-8-18(9-11-20)16-28-26(32)30-13-3-6-22(30)21-5-1-7-23-24(21)34-15-14-33-23/h1,5,7-11,19,22H,2-4,6,12-17H2,(H2,27,31)(H,28,32). The third-order valence-corrected chi connectivity index (χ3v) is 7.04. The van der Waals surface area contributed by atoms with Crippen LogP contribution in [0.1, 0.15) is 42.9 Å². The highest BCUT2D eigenvalue weighted by molar-refractivity contribution is 5.77. The van der Waals surface area contributed by atoms with Gasteiger partial charge in [0.15, 0.2) is 11.5 Å². The summed E-state index contributed by atoms with van der Waals surface area (Å²) >= 11 is 0. The number of rotatable bonds is 5. The molecule has 3 N–H and O–H groups in total. The first kappa shape index (κ1) is 22.4. The summed E-state index contributed by atoms with van der Waals surface area (Å²) in [5, 5.41) is 3.08. The molecule has 3 aliphatic rings. The molecule has 34 heavy (non-hydrogen) atoms. The second-order valence-corrected chi connectivity index (χ2v) is 9.24. The summed E-state index contributed by atoms with van der Waals surface area (Å²) in [5.41, 5.74) is 8.64. The Morgan fingerprint density at radius 3 is 2.62 bits per heavy atom. The monoisotopic (exact) mass is 464 g/mol. The number of piperidine rings is 1. The summed E-state index contributed by atoms with van der Waals surface area (Å²) < 4.78 is 11.6. The van der Waals surface area contributed by atoms with Gasteiger partial charge in [-0.25, -0.2) is 4.79 Å². The van der Waals surface area contributed by atoms with Gasteiger partial charge in [0.1, 0.15) is 13.2 Å². The van der Waals surface area contributed by atoms with Crippen molar-refractivity contribution in [3.8, 4) is 11.5 Å². The maximum atomic E-state index is 13.1. The summed E-state index contributed by atoms with van der Waals surface area (Å²) in [5.74, 6) is 1.21. The lowest BCUT2D eigenvalue weighted by molar-refractivity contribution is -0.122. The largest absolute Gasteiger partial charge is 0.486 e. The molecule has 0 saturated carbocycles. The van der Waals surface area contributed by atoms with Crippen molar-refractivity contribution in [2.75, 3.05) is 37.7 Å². The van der Waals surface area contributed by atoms with Gasteiger partial charge in [-0.3, -0.25) is 4.79 Å². The number of carbonyl (C=O) groups excluding carboxylic acids is 2. The van der Waals surface area contributed by atoms with Crippen molar-refractivity contribution in [1.82, 2.24) is 10.2 Å². The van der Waals surface area contributed by atoms with E-state index in [1.54, 1.807) is 0 Å². The van der Waals surface area contributed by atoms with Gasteiger partial charge in [0.25, 0.3) is 0 Å². The van der Waals surface area contributed by atoms with E-state index in [1.807, 2.05) is 35.2 Å². The number of benzene rings is 2. The van der Waals surface area contributed by atoms with E-state index < -0.39 is 0 Å². The summed E-state index contributed by atoms with van der Waals surface area (Å²) in [6.07, 6.45) is 3.69. The number of hydrogen-bond donors (Lipinski definition) is 2. The number of nitrogens with one attached hydrogen (secondary N) is 1. The molecule has 5 rings (SSSR count). The van der Waals surface area contributed by atoms with Crippen molar-refractivity contribution in [1.29, 1.82) is 0 Å². The molecule has 0 aliphatic carbocycles. The van der Waals surface area contributed by atoms with Gasteiger partial charge in [-0.2, -0.15) is 0 Å². The van der Waals surface area contributed by atoms with Crippen LogP contribution < -0.4 is 25.4 Å². The Balaban J connectivity index is 1.20. The van der Waals surface area contributed by atoms with Crippen LogP contribution in [0.15, 0.2) is 42.5 Å². The fourth-order valence-electron chi connectivity index (χ4n) is 5.24. The fraction of sp³-hybridized carbons (Fsp3) is 0.462. The predicted molar refractivity (Wildman–Crippen MR) is 129 cm³/mol. The summed E-state index contributed by atoms with van der Waals surface area (Å²) in [4.78, 5) is 28.8. The molecule has 0 spiro atoms. The number of fused-ring (bicyclic) bond motifs is 1. The van der Waals surface area contributed by atoms with Crippen LogP contribution in [0.2, 0.25) is 0 Å². The zero-order valence-corrected chi connectivity index (χ0v) is 19.4. The molecule has 3 amide bonds. The molecule has 2 fully saturated rings. The van der Waals surface area contributed by atoms with E-state index in [4.69, 9.17) is 15.2 Å². The predicted octanol–water partition coefficient (Wildman–Crippen LogP) is 3.21. The number of urea groups is 1. The van der Waals surface area contributed by atoms with Gasteiger partial charge >= 0.3 is 6.03 Å². The molecule has 0 aromatic heterocycles. The van der Waals surface area contributed by atoms with Gasteiger partial charge in [0.2, 0.25) is 5.91 Å². The van der Waals surface area contributed by atoms with Crippen LogP contribution >= 0.6 is 0 Å². The molecule has 3 heterocycles. The second-order valence-electron chi connectivity index (χ2n) is 9.24. The molecule has 180 valence electrons. The lowest BCUT2D eigenvalue weighted by Gasteiger charge is -2.33. The van der Waals surface area contributed by atoms with Crippen LogP contribution in [-0.2, 0) is 11.3 Å². The molecule has 3 aliphatic heterocycles. The maximum absolute atomic E-state index is 13.1. The van der Waals surface area contributed by atoms with E-state index in [0.29, 0.717) is 26.3 Å². The number of hydrogen-bond acceptors (Lipinski definition) is 5. The average Bonchev–Trinajstić information content (AvgIpc) is 3.37. The molecule has 8 heteroatoms. The quantitative estimate of drug-likeness (QED) is 0.708. The van der Waals surface area contributed by atoms with Crippen LogP contribution in [-0.4, -0.2) is 49.7 Å². The number of primary amides is 1. The van der Waals surface area contributed by atoms with E-state index in [0.717, 1.165) is 67.1 Å². The smallest absolute Gasteiger partial charge is 0.318 e. The highest BCUT2D eigenvalue weighted by Gasteiger charge is 2.33. The Bertz CT molecular complexity index is 1040. The van der Waals surface area contributed by atoms with E-state index >= 15 is 0 Å². The van der Waals surface area contributed by atoms with Crippen molar-refractivity contribution < 1.29 is 19.1 Å². The van der Waals surface area contributed by atoms with Crippen molar-refractivity contribution in [2.45, 2.75) is 38.3 Å². The molecule has 0 radical (unpaired) electrons. The number of ether oxygens (including phenoxy) is 2. The Morgan fingerprint density at radius 1 is 1.00 bits per heavy atom. The van der Waals surface area contributed by atoms with Crippen LogP contribution in [0.4, 0.5) is 10.5 Å². The number of anilines is 1. The summed E-state index contributed by atoms with van der Waals surface area (Å²) in [6.45, 7) is 3.84. The molecular formula is C26H32N4O4. The number of nitrogens with two attached hydrogens (primary N) is 1. The van der Waals surface area contributed by atoms with Crippen molar-refractivity contribution >= 4 is 17.6 Å². The average molecular weight is 465 g/mol. The molecule has 2 saturated heterocycles. The molecule has 2 aromatic carbocycles. The van der Waals surface area contributed by atoms with Gasteiger partial charge in [0.05, 0.1) is 12.0 Å². The van der Waals surface area contributed by atoms with E-state index in [9.17, 15) is 9.59 Å². The zero-order valence-electron chi connectivity index (χ0n) is 19.4. The van der Waals surface area contributed by atoms with Gasteiger partial charge in [-0.15, -0.1) is 0 Å². The highest BCUT2D eigenvalue weighted by Crippen LogP contribution is 2.42. The first-order valence-corrected chi connectivity index (χ1v) is 12.2. The van der Waals surface area contributed by atoms with Gasteiger partial charge < -0.3 is 30.3 Å². The van der Waals surface area contributed by atoms with Gasteiger partial charge in [0, 0.05) is 37.4 Å². The molecular weight excluding hydrogens is 432 g/mol. The van der Waals surface area contributed by atoms with E-state index in [2.05, 4.69) is 22.3 Å². The number of amides is 3. The molecule has 0 bridgehead atoms. The lowest BCUT2D eigenvalue weighted by atomic mass is 9.97. The van der Waals surface area contributed by atoms with Crippen LogP contribution in [0.25, 0.3) is 0 Å². The van der Waals surface area contributed by atoms with Crippen molar-refractivity contribution in [2.24, 2.45) is 11.7 Å². The van der Waals surface area contributed by atoms with Gasteiger partial charge in [-0.05, 0) is 49.4 Å². The van der Waals surface area contributed by atoms with Crippen molar-refractivity contribution in [3.63, 3.8) is 0 Å². The second kappa shape index (κ2) is 9.83.